The molecule has 0 fully saturated rings. The molecule has 0 saturated carbocycles. The summed E-state index contributed by atoms with van der Waals surface area (Å²) in [6, 6.07) is 20.8. The third kappa shape index (κ3) is 5.70. The fourth-order valence-corrected chi connectivity index (χ4v) is 2.25. The van der Waals surface area contributed by atoms with Gasteiger partial charge < -0.3 is 23.5 Å². The molecular formula is C17H23IrN2O. The molecule has 2 N–H and O–H groups in total. The smallest absolute Gasteiger partial charge is 0.659 e. The molecule has 2 atom stereocenters. The zero-order valence-electron chi connectivity index (χ0n) is 12.7. The molecule has 1 unspecified atom stereocenters. The van der Waals surface area contributed by atoms with Crippen molar-refractivity contribution in [3.05, 3.63) is 89.9 Å². The first-order chi connectivity index (χ1) is 8.86. The van der Waals surface area contributed by atoms with Crippen molar-refractivity contribution in [2.24, 2.45) is 0 Å². The Bertz CT molecular complexity index is 419. The molecule has 4 heteroatoms. The maximum atomic E-state index is 4.51. The summed E-state index contributed by atoms with van der Waals surface area (Å²) in [5.41, 5.74) is 2.42. The Labute approximate surface area is 141 Å². The second kappa shape index (κ2) is 11.6. The summed E-state index contributed by atoms with van der Waals surface area (Å²) in [6.07, 6.45) is 0. The van der Waals surface area contributed by atoms with Gasteiger partial charge in [-0.1, -0.05) is 71.8 Å². The monoisotopic (exact) mass is 464 g/mol. The quantitative estimate of drug-likeness (QED) is 0.600. The van der Waals surface area contributed by atoms with Crippen LogP contribution >= 0.6 is 0 Å². The minimum Gasteiger partial charge on any atom is -0.659 e. The van der Waals surface area contributed by atoms with Crippen molar-refractivity contribution in [1.82, 2.24) is 0 Å². The Morgan fingerprint density at radius 1 is 0.667 bits per heavy atom. The van der Waals surface area contributed by atoms with E-state index in [9.17, 15) is 0 Å². The van der Waals surface area contributed by atoms with E-state index in [0.717, 1.165) is 0 Å². The molecule has 0 aliphatic heterocycles. The normalized spacial score (nSPS) is 12.1. The van der Waals surface area contributed by atoms with Crippen LogP contribution in [0.2, 0.25) is 0 Å². The SMILES string of the molecule is C[N-]C(c1ccccc1)[C@H]([N-]C)c1ccccc1.O.[CH3-].[Ir+3]. The van der Waals surface area contributed by atoms with Crippen LogP contribution in [0.15, 0.2) is 60.7 Å². The molecule has 0 aromatic heterocycles. The minimum atomic E-state index is 0. The van der Waals surface area contributed by atoms with Gasteiger partial charge in [0.25, 0.3) is 0 Å². The summed E-state index contributed by atoms with van der Waals surface area (Å²) >= 11 is 0. The van der Waals surface area contributed by atoms with Gasteiger partial charge in [0.15, 0.2) is 0 Å². The molecule has 2 rings (SSSR count). The average molecular weight is 464 g/mol. The van der Waals surface area contributed by atoms with E-state index in [1.165, 1.54) is 11.1 Å². The zero-order valence-corrected chi connectivity index (χ0v) is 15.1. The topological polar surface area (TPSA) is 59.7 Å². The number of hydrogen-bond acceptors (Lipinski definition) is 0. The number of nitrogens with zero attached hydrogens (tertiary/aromatic N) is 2. The van der Waals surface area contributed by atoms with Crippen molar-refractivity contribution in [2.45, 2.75) is 12.1 Å². The maximum absolute atomic E-state index is 4.51. The Morgan fingerprint density at radius 2 is 0.952 bits per heavy atom. The molecule has 2 aromatic carbocycles. The van der Waals surface area contributed by atoms with Gasteiger partial charge in [0.05, 0.1) is 0 Å². The van der Waals surface area contributed by atoms with Crippen LogP contribution in [-0.4, -0.2) is 19.6 Å². The Kier molecular flexibility index (Phi) is 12.3. The van der Waals surface area contributed by atoms with Crippen LogP contribution < -0.4 is 0 Å². The molecule has 0 aliphatic rings. The van der Waals surface area contributed by atoms with Gasteiger partial charge in [-0.05, 0) is 0 Å². The second-order valence-corrected chi connectivity index (χ2v) is 4.23. The third-order valence-corrected chi connectivity index (χ3v) is 3.14. The van der Waals surface area contributed by atoms with Gasteiger partial charge in [-0.25, -0.2) is 0 Å². The molecule has 0 amide bonds. The number of benzene rings is 2. The van der Waals surface area contributed by atoms with Crippen LogP contribution in [0, 0.1) is 7.43 Å². The van der Waals surface area contributed by atoms with E-state index in [0.29, 0.717) is 0 Å². The van der Waals surface area contributed by atoms with Crippen molar-refractivity contribution in [3.8, 4) is 0 Å². The predicted octanol–water partition coefficient (Wildman–Crippen LogP) is 4.10. The first-order valence-electron chi connectivity index (χ1n) is 6.14. The number of likely N-dealkylation sites (N-methyl/N-ethyl adjacent to an activating group) is 2. The molecule has 0 aliphatic carbocycles. The Balaban J connectivity index is 0. The van der Waals surface area contributed by atoms with Crippen molar-refractivity contribution in [2.75, 3.05) is 14.1 Å². The molecule has 0 bridgehead atoms. The molecular weight excluding hydrogens is 440 g/mol. The van der Waals surface area contributed by atoms with Crippen LogP contribution in [0.3, 0.4) is 0 Å². The molecule has 2 aromatic rings. The van der Waals surface area contributed by atoms with Crippen molar-refractivity contribution in [1.29, 1.82) is 0 Å². The van der Waals surface area contributed by atoms with E-state index in [1.54, 1.807) is 0 Å². The fraction of sp³-hybridized carbons (Fsp3) is 0.235. The van der Waals surface area contributed by atoms with Crippen LogP contribution in [0.25, 0.3) is 10.6 Å². The summed E-state index contributed by atoms with van der Waals surface area (Å²) in [5.74, 6) is 0. The fourth-order valence-electron chi connectivity index (χ4n) is 2.25. The van der Waals surface area contributed by atoms with Crippen molar-refractivity contribution < 1.29 is 25.6 Å². The van der Waals surface area contributed by atoms with E-state index >= 15 is 0 Å². The van der Waals surface area contributed by atoms with Crippen molar-refractivity contribution in [3.63, 3.8) is 0 Å². The van der Waals surface area contributed by atoms with Gasteiger partial charge in [0.2, 0.25) is 0 Å². The van der Waals surface area contributed by atoms with Gasteiger partial charge in [-0.15, -0.1) is 12.1 Å². The van der Waals surface area contributed by atoms with Gasteiger partial charge in [-0.3, -0.25) is 0 Å². The van der Waals surface area contributed by atoms with E-state index < -0.39 is 0 Å². The second-order valence-electron chi connectivity index (χ2n) is 4.23. The summed E-state index contributed by atoms with van der Waals surface area (Å²) in [5, 5.41) is 9.02. The summed E-state index contributed by atoms with van der Waals surface area (Å²) in [7, 11) is 3.72. The van der Waals surface area contributed by atoms with E-state index in [4.69, 9.17) is 0 Å². The van der Waals surface area contributed by atoms with Gasteiger partial charge >= 0.3 is 20.1 Å². The molecule has 0 saturated heterocycles. The largest absolute Gasteiger partial charge is 3.00 e. The minimum absolute atomic E-state index is 0. The Morgan fingerprint density at radius 3 is 1.19 bits per heavy atom. The number of rotatable bonds is 5. The van der Waals surface area contributed by atoms with E-state index in [1.807, 2.05) is 50.5 Å². The van der Waals surface area contributed by atoms with Crippen LogP contribution in [0.4, 0.5) is 0 Å². The standard InChI is InChI=1S/C16H18N2.CH3.Ir.H2O/c1-17-15(13-9-5-3-6-10-13)16(18-2)14-11-7-4-8-12-14;;;/h3-12,15-16H,1-2H3;1H3;;1H2/q-2;-1;+3;/t15-,16?;;;/m1.../s1. The predicted molar refractivity (Wildman–Crippen MR) is 87.0 cm³/mol. The van der Waals surface area contributed by atoms with Gasteiger partial charge in [-0.2, -0.15) is 14.1 Å². The molecule has 116 valence electrons. The first kappa shape index (κ1) is 22.3. The molecule has 0 radical (unpaired) electrons. The van der Waals surface area contributed by atoms with Crippen LogP contribution in [-0.2, 0) is 20.1 Å². The average Bonchev–Trinajstić information content (AvgIpc) is 2.46. The first-order valence-corrected chi connectivity index (χ1v) is 6.14. The summed E-state index contributed by atoms with van der Waals surface area (Å²) < 4.78 is 0. The molecule has 21 heavy (non-hydrogen) atoms. The zero-order chi connectivity index (χ0) is 12.8. The van der Waals surface area contributed by atoms with E-state index in [-0.39, 0.29) is 45.1 Å². The number of hydrogen-bond donors (Lipinski definition) is 0. The maximum Gasteiger partial charge on any atom is 3.00 e. The summed E-state index contributed by atoms with van der Waals surface area (Å²) in [4.78, 5) is 0. The Hall–Kier alpha value is -1.03. The molecule has 0 spiro atoms. The summed E-state index contributed by atoms with van der Waals surface area (Å²) in [6.45, 7) is 0. The van der Waals surface area contributed by atoms with Crippen molar-refractivity contribution >= 4 is 0 Å². The van der Waals surface area contributed by atoms with Crippen LogP contribution in [0.1, 0.15) is 23.2 Å². The third-order valence-electron chi connectivity index (χ3n) is 3.14. The van der Waals surface area contributed by atoms with Gasteiger partial charge in [0, 0.05) is 0 Å². The molecule has 0 heterocycles. The van der Waals surface area contributed by atoms with Gasteiger partial charge in [0.1, 0.15) is 0 Å². The molecule has 3 nitrogen and oxygen atoms in total. The van der Waals surface area contributed by atoms with Crippen LogP contribution in [0.5, 0.6) is 0 Å². The van der Waals surface area contributed by atoms with E-state index in [2.05, 4.69) is 34.9 Å².